The average Bonchev–Trinajstić information content (AvgIpc) is 2.44. The van der Waals surface area contributed by atoms with Crippen molar-refractivity contribution in [2.45, 2.75) is 12.8 Å². The Bertz CT molecular complexity index is 329. The van der Waals surface area contributed by atoms with E-state index in [2.05, 4.69) is 4.90 Å². The number of methoxy groups -OCH3 is 1. The minimum absolute atomic E-state index is 0.649. The standard InChI is InChI=1S/C15H23NO2/c1-17-11-10-16-9-5-6-14(12-16)13-18-15-7-3-2-4-8-15/h2-4,7-8,14H,5-6,9-13H2,1H3. The lowest BCUT2D eigenvalue weighted by Crippen LogP contribution is -2.39. The molecule has 0 aliphatic carbocycles. The molecule has 1 heterocycles. The Kier molecular flexibility index (Phi) is 5.49. The molecule has 3 nitrogen and oxygen atoms in total. The van der Waals surface area contributed by atoms with E-state index < -0.39 is 0 Å². The number of rotatable bonds is 6. The van der Waals surface area contributed by atoms with Gasteiger partial charge in [0, 0.05) is 26.1 Å². The molecule has 1 fully saturated rings. The first kappa shape index (κ1) is 13.4. The van der Waals surface area contributed by atoms with Gasteiger partial charge in [-0.1, -0.05) is 18.2 Å². The minimum atomic E-state index is 0.649. The summed E-state index contributed by atoms with van der Waals surface area (Å²) < 4.78 is 11.0. The van der Waals surface area contributed by atoms with Crippen LogP contribution in [0.2, 0.25) is 0 Å². The van der Waals surface area contributed by atoms with Crippen molar-refractivity contribution < 1.29 is 9.47 Å². The van der Waals surface area contributed by atoms with Gasteiger partial charge in [-0.25, -0.2) is 0 Å². The lowest BCUT2D eigenvalue weighted by molar-refractivity contribution is 0.0959. The number of likely N-dealkylation sites (tertiary alicyclic amines) is 1. The molecule has 2 rings (SSSR count). The van der Waals surface area contributed by atoms with Gasteiger partial charge in [0.25, 0.3) is 0 Å². The third-order valence-electron chi connectivity index (χ3n) is 3.44. The SMILES string of the molecule is COCCN1CCCC(COc2ccccc2)C1. The maximum absolute atomic E-state index is 5.84. The number of nitrogens with zero attached hydrogens (tertiary/aromatic N) is 1. The first-order valence-corrected chi connectivity index (χ1v) is 6.77. The quantitative estimate of drug-likeness (QED) is 0.773. The van der Waals surface area contributed by atoms with Gasteiger partial charge in [0.15, 0.2) is 0 Å². The molecule has 1 atom stereocenters. The van der Waals surface area contributed by atoms with Crippen LogP contribution in [-0.4, -0.2) is 44.9 Å². The van der Waals surface area contributed by atoms with Crippen LogP contribution in [-0.2, 0) is 4.74 Å². The van der Waals surface area contributed by atoms with Crippen LogP contribution in [0.1, 0.15) is 12.8 Å². The summed E-state index contributed by atoms with van der Waals surface area (Å²) in [5.41, 5.74) is 0. The molecule has 0 radical (unpaired) electrons. The highest BCUT2D eigenvalue weighted by Crippen LogP contribution is 2.18. The number of benzene rings is 1. The van der Waals surface area contributed by atoms with Gasteiger partial charge >= 0.3 is 0 Å². The highest BCUT2D eigenvalue weighted by molar-refractivity contribution is 5.20. The van der Waals surface area contributed by atoms with E-state index in [1.54, 1.807) is 7.11 Å². The van der Waals surface area contributed by atoms with Crippen LogP contribution in [0, 0.1) is 5.92 Å². The summed E-state index contributed by atoms with van der Waals surface area (Å²) in [5, 5.41) is 0. The van der Waals surface area contributed by atoms with Gasteiger partial charge < -0.3 is 14.4 Å². The van der Waals surface area contributed by atoms with Crippen LogP contribution in [0.3, 0.4) is 0 Å². The topological polar surface area (TPSA) is 21.7 Å². The largest absolute Gasteiger partial charge is 0.493 e. The zero-order valence-electron chi connectivity index (χ0n) is 11.2. The van der Waals surface area contributed by atoms with E-state index in [0.717, 1.165) is 32.1 Å². The van der Waals surface area contributed by atoms with Crippen molar-refractivity contribution in [3.05, 3.63) is 30.3 Å². The van der Waals surface area contributed by atoms with Crippen molar-refractivity contribution in [1.82, 2.24) is 4.90 Å². The number of hydrogen-bond acceptors (Lipinski definition) is 3. The Hall–Kier alpha value is -1.06. The first-order chi connectivity index (χ1) is 8.88. The summed E-state index contributed by atoms with van der Waals surface area (Å²) in [4.78, 5) is 2.48. The molecule has 0 bridgehead atoms. The summed E-state index contributed by atoms with van der Waals surface area (Å²) in [7, 11) is 1.76. The molecule has 0 amide bonds. The summed E-state index contributed by atoms with van der Waals surface area (Å²) in [6.45, 7) is 5.03. The minimum Gasteiger partial charge on any atom is -0.493 e. The smallest absolute Gasteiger partial charge is 0.119 e. The Morgan fingerprint density at radius 2 is 2.11 bits per heavy atom. The second-order valence-electron chi connectivity index (χ2n) is 4.93. The molecule has 18 heavy (non-hydrogen) atoms. The first-order valence-electron chi connectivity index (χ1n) is 6.77. The van der Waals surface area contributed by atoms with Crippen LogP contribution >= 0.6 is 0 Å². The Morgan fingerprint density at radius 3 is 2.89 bits per heavy atom. The van der Waals surface area contributed by atoms with Crippen molar-refractivity contribution >= 4 is 0 Å². The van der Waals surface area contributed by atoms with Crippen molar-refractivity contribution in [1.29, 1.82) is 0 Å². The van der Waals surface area contributed by atoms with Gasteiger partial charge in [-0.3, -0.25) is 0 Å². The average molecular weight is 249 g/mol. The normalized spacial score (nSPS) is 20.8. The van der Waals surface area contributed by atoms with Crippen LogP contribution in [0.15, 0.2) is 30.3 Å². The fraction of sp³-hybridized carbons (Fsp3) is 0.600. The summed E-state index contributed by atoms with van der Waals surface area (Å²) >= 11 is 0. The van der Waals surface area contributed by atoms with Crippen molar-refractivity contribution in [3.8, 4) is 5.75 Å². The van der Waals surface area contributed by atoms with Gasteiger partial charge in [-0.15, -0.1) is 0 Å². The number of ether oxygens (including phenoxy) is 2. The van der Waals surface area contributed by atoms with Crippen LogP contribution in [0.5, 0.6) is 5.75 Å². The van der Waals surface area contributed by atoms with Crippen LogP contribution in [0.4, 0.5) is 0 Å². The van der Waals surface area contributed by atoms with E-state index in [-0.39, 0.29) is 0 Å². The monoisotopic (exact) mass is 249 g/mol. The zero-order valence-corrected chi connectivity index (χ0v) is 11.2. The maximum atomic E-state index is 5.84. The van der Waals surface area contributed by atoms with E-state index in [1.165, 1.54) is 19.4 Å². The third kappa shape index (κ3) is 4.31. The molecule has 100 valence electrons. The molecule has 0 saturated carbocycles. The van der Waals surface area contributed by atoms with E-state index in [1.807, 2.05) is 30.3 Å². The highest BCUT2D eigenvalue weighted by atomic mass is 16.5. The molecule has 1 aliphatic rings. The molecular weight excluding hydrogens is 226 g/mol. The Morgan fingerprint density at radius 1 is 1.28 bits per heavy atom. The van der Waals surface area contributed by atoms with E-state index in [9.17, 15) is 0 Å². The van der Waals surface area contributed by atoms with Crippen molar-refractivity contribution in [2.24, 2.45) is 5.92 Å². The van der Waals surface area contributed by atoms with Gasteiger partial charge in [0.1, 0.15) is 5.75 Å². The molecule has 1 aliphatic heterocycles. The van der Waals surface area contributed by atoms with E-state index >= 15 is 0 Å². The Labute approximate surface area is 110 Å². The summed E-state index contributed by atoms with van der Waals surface area (Å²) in [5.74, 6) is 1.63. The van der Waals surface area contributed by atoms with Gasteiger partial charge in [-0.05, 0) is 31.5 Å². The predicted molar refractivity (Wildman–Crippen MR) is 73.0 cm³/mol. The molecule has 0 aromatic heterocycles. The fourth-order valence-corrected chi connectivity index (χ4v) is 2.44. The Balaban J connectivity index is 1.72. The molecule has 0 N–H and O–H groups in total. The number of para-hydroxylation sites is 1. The van der Waals surface area contributed by atoms with Gasteiger partial charge in [0.2, 0.25) is 0 Å². The molecule has 0 spiro atoms. The van der Waals surface area contributed by atoms with Gasteiger partial charge in [0.05, 0.1) is 13.2 Å². The van der Waals surface area contributed by atoms with Crippen molar-refractivity contribution in [3.63, 3.8) is 0 Å². The molecule has 1 unspecified atom stereocenters. The lowest BCUT2D eigenvalue weighted by atomic mass is 9.99. The molecule has 3 heteroatoms. The van der Waals surface area contributed by atoms with Gasteiger partial charge in [-0.2, -0.15) is 0 Å². The van der Waals surface area contributed by atoms with E-state index in [4.69, 9.17) is 9.47 Å². The molecule has 1 aromatic rings. The summed E-state index contributed by atoms with van der Waals surface area (Å²) in [6.07, 6.45) is 2.54. The van der Waals surface area contributed by atoms with Crippen molar-refractivity contribution in [2.75, 3.05) is 40.0 Å². The second-order valence-corrected chi connectivity index (χ2v) is 4.93. The molecular formula is C15H23NO2. The fourth-order valence-electron chi connectivity index (χ4n) is 2.44. The highest BCUT2D eigenvalue weighted by Gasteiger charge is 2.19. The third-order valence-corrected chi connectivity index (χ3v) is 3.44. The van der Waals surface area contributed by atoms with Crippen LogP contribution in [0.25, 0.3) is 0 Å². The number of hydrogen-bond donors (Lipinski definition) is 0. The lowest BCUT2D eigenvalue weighted by Gasteiger charge is -2.32. The summed E-state index contributed by atoms with van der Waals surface area (Å²) in [6, 6.07) is 10.1. The second kappa shape index (κ2) is 7.39. The predicted octanol–water partition coefficient (Wildman–Crippen LogP) is 2.42. The van der Waals surface area contributed by atoms with E-state index in [0.29, 0.717) is 5.92 Å². The van der Waals surface area contributed by atoms with Crippen LogP contribution < -0.4 is 4.74 Å². The number of piperidine rings is 1. The molecule has 1 aromatic carbocycles. The maximum Gasteiger partial charge on any atom is 0.119 e. The zero-order chi connectivity index (χ0) is 12.6. The molecule has 1 saturated heterocycles.